The van der Waals surface area contributed by atoms with Gasteiger partial charge in [-0.1, -0.05) is 12.2 Å². The molecule has 0 aromatic heterocycles. The summed E-state index contributed by atoms with van der Waals surface area (Å²) in [5.74, 6) is 0. The Labute approximate surface area is 43.5 Å². The first-order chi connectivity index (χ1) is 3.33. The SMILES string of the molecule is CC=CC.O=CO. The summed E-state index contributed by atoms with van der Waals surface area (Å²) in [6.07, 6.45) is 4.00. The van der Waals surface area contributed by atoms with Crippen LogP contribution in [0, 0.1) is 0 Å². The van der Waals surface area contributed by atoms with Crippen molar-refractivity contribution in [2.45, 2.75) is 13.8 Å². The van der Waals surface area contributed by atoms with E-state index in [1.54, 1.807) is 0 Å². The van der Waals surface area contributed by atoms with Crippen LogP contribution in [-0.4, -0.2) is 11.6 Å². The van der Waals surface area contributed by atoms with E-state index in [2.05, 4.69) is 0 Å². The molecule has 0 unspecified atom stereocenters. The van der Waals surface area contributed by atoms with Crippen molar-refractivity contribution in [1.82, 2.24) is 0 Å². The molecular formula is C5H10O2. The molecule has 0 saturated carbocycles. The van der Waals surface area contributed by atoms with Crippen molar-refractivity contribution in [2.75, 3.05) is 0 Å². The smallest absolute Gasteiger partial charge is 0.290 e. The van der Waals surface area contributed by atoms with Crippen LogP contribution in [0.1, 0.15) is 13.8 Å². The van der Waals surface area contributed by atoms with E-state index in [0.29, 0.717) is 0 Å². The summed E-state index contributed by atoms with van der Waals surface area (Å²) in [5.41, 5.74) is 0. The van der Waals surface area contributed by atoms with Crippen LogP contribution in [0.4, 0.5) is 0 Å². The molecule has 0 heterocycles. The van der Waals surface area contributed by atoms with Crippen molar-refractivity contribution in [3.05, 3.63) is 12.2 Å². The van der Waals surface area contributed by atoms with E-state index in [1.807, 2.05) is 26.0 Å². The minimum atomic E-state index is -0.250. The fraction of sp³-hybridized carbons (Fsp3) is 0.400. The van der Waals surface area contributed by atoms with E-state index in [-0.39, 0.29) is 6.47 Å². The Bertz CT molecular complexity index is 44.0. The van der Waals surface area contributed by atoms with Gasteiger partial charge < -0.3 is 5.11 Å². The molecule has 0 aliphatic rings. The lowest BCUT2D eigenvalue weighted by molar-refractivity contribution is -0.122. The Kier molecular flexibility index (Phi) is 25.7. The molecule has 0 aliphatic carbocycles. The molecule has 7 heavy (non-hydrogen) atoms. The highest BCUT2D eigenvalue weighted by atomic mass is 16.3. The predicted octanol–water partition coefficient (Wildman–Crippen LogP) is 1.28. The molecule has 2 heteroatoms. The summed E-state index contributed by atoms with van der Waals surface area (Å²) in [6.45, 7) is 3.75. The quantitative estimate of drug-likeness (QED) is 0.369. The van der Waals surface area contributed by atoms with E-state index in [1.165, 1.54) is 0 Å². The molecule has 0 rings (SSSR count). The molecule has 0 aromatic carbocycles. The molecule has 0 spiro atoms. The van der Waals surface area contributed by atoms with Gasteiger partial charge in [0.2, 0.25) is 0 Å². The molecule has 0 fully saturated rings. The highest BCUT2D eigenvalue weighted by Crippen LogP contribution is 1.57. The molecule has 0 bridgehead atoms. The molecule has 0 saturated heterocycles. The first kappa shape index (κ1) is 9.51. The van der Waals surface area contributed by atoms with Gasteiger partial charge in [-0.25, -0.2) is 0 Å². The van der Waals surface area contributed by atoms with Gasteiger partial charge in [0.05, 0.1) is 0 Å². The lowest BCUT2D eigenvalue weighted by Crippen LogP contribution is -1.49. The Morgan fingerprint density at radius 3 is 1.43 bits per heavy atom. The van der Waals surface area contributed by atoms with E-state index in [9.17, 15) is 0 Å². The fourth-order valence-corrected chi connectivity index (χ4v) is 0. The maximum Gasteiger partial charge on any atom is 0.290 e. The second-order valence-electron chi connectivity index (χ2n) is 0.772. The summed E-state index contributed by atoms with van der Waals surface area (Å²) in [7, 11) is 0. The standard InChI is InChI=1S/C4H8.CH2O2/c1-3-4-2;2-1-3/h3-4H,1-2H3;1H,(H,2,3). The minimum Gasteiger partial charge on any atom is -0.483 e. The third-order valence-electron chi connectivity index (χ3n) is 0.333. The lowest BCUT2D eigenvalue weighted by atomic mass is 10.6. The van der Waals surface area contributed by atoms with Gasteiger partial charge in [-0.05, 0) is 13.8 Å². The lowest BCUT2D eigenvalue weighted by Gasteiger charge is -1.49. The van der Waals surface area contributed by atoms with E-state index in [0.717, 1.165) is 0 Å². The van der Waals surface area contributed by atoms with Crippen LogP contribution < -0.4 is 0 Å². The summed E-state index contributed by atoms with van der Waals surface area (Å²) in [4.78, 5) is 8.36. The Morgan fingerprint density at radius 1 is 1.29 bits per heavy atom. The number of allylic oxidation sites excluding steroid dienone is 2. The third-order valence-corrected chi connectivity index (χ3v) is 0.333. The Hall–Kier alpha value is -0.790. The summed E-state index contributed by atoms with van der Waals surface area (Å²) in [5, 5.41) is 6.89. The van der Waals surface area contributed by atoms with Crippen LogP contribution in [0.3, 0.4) is 0 Å². The van der Waals surface area contributed by atoms with Crippen molar-refractivity contribution in [3.63, 3.8) is 0 Å². The first-order valence-corrected chi connectivity index (χ1v) is 1.98. The van der Waals surface area contributed by atoms with E-state index in [4.69, 9.17) is 9.90 Å². The zero-order valence-corrected chi connectivity index (χ0v) is 4.59. The van der Waals surface area contributed by atoms with Crippen LogP contribution in [0.5, 0.6) is 0 Å². The summed E-state index contributed by atoms with van der Waals surface area (Å²) < 4.78 is 0. The number of carbonyl (C=O) groups is 1. The monoisotopic (exact) mass is 102 g/mol. The normalized spacial score (nSPS) is 7.14. The molecule has 2 nitrogen and oxygen atoms in total. The van der Waals surface area contributed by atoms with Crippen molar-refractivity contribution in [2.24, 2.45) is 0 Å². The van der Waals surface area contributed by atoms with Crippen LogP contribution in [0.2, 0.25) is 0 Å². The largest absolute Gasteiger partial charge is 0.483 e. The molecule has 1 N–H and O–H groups in total. The fourth-order valence-electron chi connectivity index (χ4n) is 0. The molecule has 0 radical (unpaired) electrons. The zero-order valence-electron chi connectivity index (χ0n) is 4.59. The second kappa shape index (κ2) is 18.9. The first-order valence-electron chi connectivity index (χ1n) is 1.98. The minimum absolute atomic E-state index is 0.250. The number of hydrogen-bond acceptors (Lipinski definition) is 1. The maximum absolute atomic E-state index is 8.36. The van der Waals surface area contributed by atoms with Crippen molar-refractivity contribution >= 4 is 6.47 Å². The van der Waals surface area contributed by atoms with Gasteiger partial charge in [-0.2, -0.15) is 0 Å². The van der Waals surface area contributed by atoms with Crippen LogP contribution in [0.25, 0.3) is 0 Å². The summed E-state index contributed by atoms with van der Waals surface area (Å²) >= 11 is 0. The van der Waals surface area contributed by atoms with Crippen molar-refractivity contribution in [3.8, 4) is 0 Å². The molecule has 0 atom stereocenters. The van der Waals surface area contributed by atoms with Gasteiger partial charge in [-0.3, -0.25) is 4.79 Å². The average molecular weight is 102 g/mol. The van der Waals surface area contributed by atoms with Gasteiger partial charge in [0.15, 0.2) is 0 Å². The zero-order chi connectivity index (χ0) is 6.12. The van der Waals surface area contributed by atoms with Gasteiger partial charge in [-0.15, -0.1) is 0 Å². The highest BCUT2D eigenvalue weighted by molar-refractivity contribution is 5.32. The third kappa shape index (κ3) is 1220. The van der Waals surface area contributed by atoms with Gasteiger partial charge >= 0.3 is 0 Å². The number of carboxylic acid groups (broad SMARTS) is 1. The Morgan fingerprint density at radius 2 is 1.43 bits per heavy atom. The van der Waals surface area contributed by atoms with Crippen LogP contribution in [0.15, 0.2) is 12.2 Å². The highest BCUT2D eigenvalue weighted by Gasteiger charge is 1.34. The van der Waals surface area contributed by atoms with Crippen molar-refractivity contribution < 1.29 is 9.90 Å². The molecule has 0 aliphatic heterocycles. The average Bonchev–Trinajstić information content (AvgIpc) is 1.69. The van der Waals surface area contributed by atoms with Gasteiger partial charge in [0, 0.05) is 0 Å². The second-order valence-corrected chi connectivity index (χ2v) is 0.772. The summed E-state index contributed by atoms with van der Waals surface area (Å²) in [6, 6.07) is 0. The van der Waals surface area contributed by atoms with Gasteiger partial charge in [0.25, 0.3) is 6.47 Å². The topological polar surface area (TPSA) is 37.3 Å². The van der Waals surface area contributed by atoms with Crippen molar-refractivity contribution in [1.29, 1.82) is 0 Å². The predicted molar refractivity (Wildman–Crippen MR) is 29.2 cm³/mol. The molecule has 42 valence electrons. The maximum atomic E-state index is 8.36. The van der Waals surface area contributed by atoms with Gasteiger partial charge in [0.1, 0.15) is 0 Å². The molecular weight excluding hydrogens is 92.1 g/mol. The van der Waals surface area contributed by atoms with E-state index >= 15 is 0 Å². The molecule has 0 amide bonds. The number of rotatable bonds is 0. The van der Waals surface area contributed by atoms with E-state index < -0.39 is 0 Å². The van der Waals surface area contributed by atoms with Crippen LogP contribution >= 0.6 is 0 Å². The number of hydrogen-bond donors (Lipinski definition) is 1. The Balaban J connectivity index is 0. The van der Waals surface area contributed by atoms with Crippen LogP contribution in [-0.2, 0) is 4.79 Å². The molecule has 0 aromatic rings.